The molecule has 1 aromatic heterocycles. The molecule has 0 aliphatic rings. The Hall–Kier alpha value is -0.540. The number of halogens is 1. The Bertz CT molecular complexity index is 344. The van der Waals surface area contributed by atoms with E-state index in [9.17, 15) is 0 Å². The Labute approximate surface area is 103 Å². The lowest BCUT2D eigenvalue weighted by Gasteiger charge is -2.20. The van der Waals surface area contributed by atoms with Crippen molar-refractivity contribution in [2.24, 2.45) is 13.0 Å². The topological polar surface area (TPSA) is 29.9 Å². The van der Waals surface area contributed by atoms with E-state index in [-0.39, 0.29) is 0 Å². The summed E-state index contributed by atoms with van der Waals surface area (Å²) in [6.07, 6.45) is 1.81. The largest absolute Gasteiger partial charge is 0.316 e. The number of hydrogen-bond acceptors (Lipinski definition) is 2. The minimum Gasteiger partial charge on any atom is -0.316 e. The van der Waals surface area contributed by atoms with E-state index >= 15 is 0 Å². The second-order valence-corrected chi connectivity index (χ2v) is 4.91. The highest BCUT2D eigenvalue weighted by Gasteiger charge is 2.18. The second kappa shape index (κ2) is 5.69. The van der Waals surface area contributed by atoms with E-state index in [2.05, 4.69) is 31.2 Å². The predicted octanol–water partition coefficient (Wildman–Crippen LogP) is 2.42. The lowest BCUT2D eigenvalue weighted by atomic mass is 9.99. The van der Waals surface area contributed by atoms with Crippen LogP contribution in [0.5, 0.6) is 0 Å². The summed E-state index contributed by atoms with van der Waals surface area (Å²) in [6.45, 7) is 6.51. The lowest BCUT2D eigenvalue weighted by molar-refractivity contribution is 0.415. The first-order chi connectivity index (χ1) is 7.51. The predicted molar refractivity (Wildman–Crippen MR) is 69.0 cm³/mol. The number of nitrogens with zero attached hydrogens (tertiary/aromatic N) is 2. The molecule has 0 radical (unpaired) electrons. The van der Waals surface area contributed by atoms with E-state index in [4.69, 9.17) is 11.6 Å². The Balaban J connectivity index is 2.91. The fourth-order valence-corrected chi connectivity index (χ4v) is 2.29. The number of aryl methyl sites for hydroxylation is 2. The molecule has 0 amide bonds. The van der Waals surface area contributed by atoms with Gasteiger partial charge in [0.05, 0.1) is 16.4 Å². The van der Waals surface area contributed by atoms with E-state index in [0.717, 1.165) is 29.3 Å². The van der Waals surface area contributed by atoms with Gasteiger partial charge in [0, 0.05) is 19.5 Å². The summed E-state index contributed by atoms with van der Waals surface area (Å²) in [5.41, 5.74) is 2.13. The van der Waals surface area contributed by atoms with Gasteiger partial charge in [-0.1, -0.05) is 32.4 Å². The van der Waals surface area contributed by atoms with E-state index < -0.39 is 0 Å². The highest BCUT2D eigenvalue weighted by Crippen LogP contribution is 2.23. The highest BCUT2D eigenvalue weighted by molar-refractivity contribution is 6.31. The monoisotopic (exact) mass is 243 g/mol. The normalized spacial score (nSPS) is 13.4. The van der Waals surface area contributed by atoms with Crippen LogP contribution >= 0.6 is 11.6 Å². The van der Waals surface area contributed by atoms with Crippen LogP contribution in [-0.2, 0) is 19.9 Å². The van der Waals surface area contributed by atoms with Crippen molar-refractivity contribution in [3.8, 4) is 0 Å². The minimum absolute atomic E-state index is 0.442. The van der Waals surface area contributed by atoms with Gasteiger partial charge in [0.2, 0.25) is 0 Å². The Morgan fingerprint density at radius 3 is 2.44 bits per heavy atom. The van der Waals surface area contributed by atoms with Crippen LogP contribution in [0.3, 0.4) is 0 Å². The van der Waals surface area contributed by atoms with Gasteiger partial charge in [-0.2, -0.15) is 5.10 Å². The van der Waals surface area contributed by atoms with Gasteiger partial charge < -0.3 is 5.32 Å². The third-order valence-electron chi connectivity index (χ3n) is 3.09. The van der Waals surface area contributed by atoms with Crippen LogP contribution in [0.1, 0.15) is 32.2 Å². The molecule has 0 spiro atoms. The van der Waals surface area contributed by atoms with Crippen LogP contribution in [-0.4, -0.2) is 22.9 Å². The zero-order chi connectivity index (χ0) is 12.3. The molecule has 0 bridgehead atoms. The van der Waals surface area contributed by atoms with Gasteiger partial charge in [-0.05, 0) is 19.4 Å². The van der Waals surface area contributed by atoms with Gasteiger partial charge in [0.1, 0.15) is 0 Å². The fourth-order valence-electron chi connectivity index (χ4n) is 1.92. The second-order valence-electron chi connectivity index (χ2n) is 4.53. The molecule has 0 aliphatic carbocycles. The molecule has 92 valence electrons. The van der Waals surface area contributed by atoms with Crippen LogP contribution in [0.4, 0.5) is 0 Å². The SMILES string of the molecule is CCc1nn(C)c(CC(NC)C(C)C)c1Cl. The smallest absolute Gasteiger partial charge is 0.0850 e. The average molecular weight is 244 g/mol. The van der Waals surface area contributed by atoms with Crippen molar-refractivity contribution >= 4 is 11.6 Å². The number of likely N-dealkylation sites (N-methyl/N-ethyl adjacent to an activating group) is 1. The molecule has 1 unspecified atom stereocenters. The first-order valence-corrected chi connectivity index (χ1v) is 6.26. The quantitative estimate of drug-likeness (QED) is 0.861. The van der Waals surface area contributed by atoms with Crippen molar-refractivity contribution in [3.05, 3.63) is 16.4 Å². The Morgan fingerprint density at radius 2 is 2.06 bits per heavy atom. The van der Waals surface area contributed by atoms with E-state index in [1.165, 1.54) is 0 Å². The number of rotatable bonds is 5. The van der Waals surface area contributed by atoms with Crippen LogP contribution < -0.4 is 5.32 Å². The summed E-state index contributed by atoms with van der Waals surface area (Å²) in [5, 5.41) is 8.60. The molecular formula is C12H22ClN3. The van der Waals surface area contributed by atoms with Gasteiger partial charge >= 0.3 is 0 Å². The molecular weight excluding hydrogens is 222 g/mol. The first-order valence-electron chi connectivity index (χ1n) is 5.88. The molecule has 0 saturated carbocycles. The van der Waals surface area contributed by atoms with Crippen LogP contribution in [0.25, 0.3) is 0 Å². The van der Waals surface area contributed by atoms with Crippen molar-refractivity contribution in [3.63, 3.8) is 0 Å². The summed E-state index contributed by atoms with van der Waals surface area (Å²) >= 11 is 6.32. The van der Waals surface area contributed by atoms with Crippen LogP contribution in [0, 0.1) is 5.92 Å². The van der Waals surface area contributed by atoms with Crippen molar-refractivity contribution in [1.29, 1.82) is 0 Å². The maximum Gasteiger partial charge on any atom is 0.0850 e. The fraction of sp³-hybridized carbons (Fsp3) is 0.750. The molecule has 1 aromatic rings. The zero-order valence-electron chi connectivity index (χ0n) is 10.8. The molecule has 1 heterocycles. The van der Waals surface area contributed by atoms with Gasteiger partial charge in [-0.25, -0.2) is 0 Å². The third-order valence-corrected chi connectivity index (χ3v) is 3.53. The summed E-state index contributed by atoms with van der Waals surface area (Å²) in [6, 6.07) is 0.442. The maximum atomic E-state index is 6.32. The summed E-state index contributed by atoms with van der Waals surface area (Å²) in [4.78, 5) is 0. The first kappa shape index (κ1) is 13.5. The molecule has 1 rings (SSSR count). The Kier molecular flexibility index (Phi) is 4.81. The van der Waals surface area contributed by atoms with Crippen LogP contribution in [0.2, 0.25) is 5.02 Å². The van der Waals surface area contributed by atoms with Crippen LogP contribution in [0.15, 0.2) is 0 Å². The lowest BCUT2D eigenvalue weighted by Crippen LogP contribution is -2.33. The van der Waals surface area contributed by atoms with E-state index in [1.807, 2.05) is 18.8 Å². The van der Waals surface area contributed by atoms with Crippen molar-refractivity contribution in [2.75, 3.05) is 7.05 Å². The molecule has 0 aromatic carbocycles. The standard InChI is InChI=1S/C12H22ClN3/c1-6-9-12(13)11(16(5)15-9)7-10(14-4)8(2)3/h8,10,14H,6-7H2,1-5H3. The summed E-state index contributed by atoms with van der Waals surface area (Å²) in [7, 11) is 3.96. The molecule has 0 saturated heterocycles. The molecule has 16 heavy (non-hydrogen) atoms. The number of aromatic nitrogens is 2. The van der Waals surface area contributed by atoms with Gasteiger partial charge in [-0.3, -0.25) is 4.68 Å². The molecule has 0 aliphatic heterocycles. The third kappa shape index (κ3) is 2.77. The molecule has 3 nitrogen and oxygen atoms in total. The number of nitrogens with one attached hydrogen (secondary N) is 1. The average Bonchev–Trinajstić information content (AvgIpc) is 2.51. The summed E-state index contributed by atoms with van der Waals surface area (Å²) in [5.74, 6) is 0.584. The van der Waals surface area contributed by atoms with Crippen molar-refractivity contribution < 1.29 is 0 Å². The zero-order valence-corrected chi connectivity index (χ0v) is 11.6. The van der Waals surface area contributed by atoms with Crippen molar-refractivity contribution in [1.82, 2.24) is 15.1 Å². The minimum atomic E-state index is 0.442. The summed E-state index contributed by atoms with van der Waals surface area (Å²) < 4.78 is 1.91. The number of hydrogen-bond donors (Lipinski definition) is 1. The van der Waals surface area contributed by atoms with Gasteiger partial charge in [0.25, 0.3) is 0 Å². The van der Waals surface area contributed by atoms with E-state index in [1.54, 1.807) is 0 Å². The molecule has 1 atom stereocenters. The van der Waals surface area contributed by atoms with Gasteiger partial charge in [-0.15, -0.1) is 0 Å². The van der Waals surface area contributed by atoms with Gasteiger partial charge in [0.15, 0.2) is 0 Å². The Morgan fingerprint density at radius 1 is 1.44 bits per heavy atom. The highest BCUT2D eigenvalue weighted by atomic mass is 35.5. The van der Waals surface area contributed by atoms with E-state index in [0.29, 0.717) is 12.0 Å². The molecule has 4 heteroatoms. The van der Waals surface area contributed by atoms with Crippen molar-refractivity contribution in [2.45, 2.75) is 39.7 Å². The molecule has 1 N–H and O–H groups in total. The molecule has 0 fully saturated rings. The maximum absolute atomic E-state index is 6.32.